The fraction of sp³-hybridized carbons (Fsp3) is 0.429. The van der Waals surface area contributed by atoms with Crippen molar-refractivity contribution in [1.29, 1.82) is 0 Å². The highest BCUT2D eigenvalue weighted by Crippen LogP contribution is 2.28. The number of nitrogens with one attached hydrogen (secondary N) is 3. The van der Waals surface area contributed by atoms with Crippen LogP contribution in [0.1, 0.15) is 10.4 Å². The number of rotatable bonds is 7. The second kappa shape index (κ2) is 9.24. The predicted molar refractivity (Wildman–Crippen MR) is 84.9 cm³/mol. The standard InChI is InChI=1S/C14H19N3O4.ClH/c1-20-7-6-15-4-5-16-14(19)10-2-3-11-12(8-10)21-9-13(18)17-11;/h2-3,8,15H,4-7,9H2,1H3,(H,16,19)(H,17,18);1H. The van der Waals surface area contributed by atoms with Gasteiger partial charge in [0.15, 0.2) is 6.61 Å². The summed E-state index contributed by atoms with van der Waals surface area (Å²) in [7, 11) is 1.64. The van der Waals surface area contributed by atoms with E-state index < -0.39 is 0 Å². The number of hydrogen-bond donors (Lipinski definition) is 3. The van der Waals surface area contributed by atoms with Crippen molar-refractivity contribution in [3.8, 4) is 5.75 Å². The van der Waals surface area contributed by atoms with Gasteiger partial charge in [-0.25, -0.2) is 0 Å². The fourth-order valence-corrected chi connectivity index (χ4v) is 1.88. The van der Waals surface area contributed by atoms with Crippen molar-refractivity contribution in [3.05, 3.63) is 23.8 Å². The van der Waals surface area contributed by atoms with Crippen LogP contribution in [0.5, 0.6) is 5.75 Å². The molecule has 122 valence electrons. The van der Waals surface area contributed by atoms with Gasteiger partial charge in [-0.05, 0) is 18.2 Å². The molecule has 0 fully saturated rings. The Balaban J connectivity index is 0.00000242. The van der Waals surface area contributed by atoms with Gasteiger partial charge in [0.1, 0.15) is 5.75 Å². The van der Waals surface area contributed by atoms with Gasteiger partial charge in [0.25, 0.3) is 11.8 Å². The van der Waals surface area contributed by atoms with Crippen LogP contribution in [-0.2, 0) is 9.53 Å². The van der Waals surface area contributed by atoms with Gasteiger partial charge >= 0.3 is 0 Å². The van der Waals surface area contributed by atoms with Crippen LogP contribution < -0.4 is 20.7 Å². The molecule has 0 radical (unpaired) electrons. The number of amides is 2. The first kappa shape index (κ1) is 18.2. The molecule has 2 amide bonds. The Morgan fingerprint density at radius 2 is 2.18 bits per heavy atom. The SMILES string of the molecule is COCCNCCNC(=O)c1ccc2c(c1)OCC(=O)N2.Cl. The number of hydrogen-bond acceptors (Lipinski definition) is 5. The van der Waals surface area contributed by atoms with Crippen molar-refractivity contribution in [3.63, 3.8) is 0 Å². The van der Waals surface area contributed by atoms with Crippen molar-refractivity contribution in [1.82, 2.24) is 10.6 Å². The van der Waals surface area contributed by atoms with Crippen molar-refractivity contribution in [2.24, 2.45) is 0 Å². The Morgan fingerprint density at radius 1 is 1.36 bits per heavy atom. The highest BCUT2D eigenvalue weighted by atomic mass is 35.5. The van der Waals surface area contributed by atoms with Gasteiger partial charge < -0.3 is 25.4 Å². The summed E-state index contributed by atoms with van der Waals surface area (Å²) < 4.78 is 10.2. The number of methoxy groups -OCH3 is 1. The average molecular weight is 330 g/mol. The Kier molecular flexibility index (Phi) is 7.65. The lowest BCUT2D eigenvalue weighted by Crippen LogP contribution is -2.33. The van der Waals surface area contributed by atoms with Crippen molar-refractivity contribution < 1.29 is 19.1 Å². The molecule has 8 heteroatoms. The number of carbonyl (C=O) groups excluding carboxylic acids is 2. The lowest BCUT2D eigenvalue weighted by molar-refractivity contribution is -0.118. The second-order valence-electron chi connectivity index (χ2n) is 4.55. The van der Waals surface area contributed by atoms with Crippen LogP contribution in [0.15, 0.2) is 18.2 Å². The third kappa shape index (κ3) is 5.18. The summed E-state index contributed by atoms with van der Waals surface area (Å²) in [5, 5.41) is 8.62. The van der Waals surface area contributed by atoms with E-state index in [1.54, 1.807) is 25.3 Å². The minimum absolute atomic E-state index is 0. The van der Waals surface area contributed by atoms with Crippen LogP contribution in [0.2, 0.25) is 0 Å². The minimum atomic E-state index is -0.193. The molecule has 22 heavy (non-hydrogen) atoms. The normalized spacial score (nSPS) is 12.5. The molecule has 2 rings (SSSR count). The molecule has 0 atom stereocenters. The maximum Gasteiger partial charge on any atom is 0.262 e. The summed E-state index contributed by atoms with van der Waals surface area (Å²) >= 11 is 0. The molecule has 1 aromatic carbocycles. The molecule has 7 nitrogen and oxygen atoms in total. The molecular formula is C14H20ClN3O4. The number of anilines is 1. The summed E-state index contributed by atoms with van der Waals surface area (Å²) in [6.07, 6.45) is 0. The van der Waals surface area contributed by atoms with E-state index in [9.17, 15) is 9.59 Å². The van der Waals surface area contributed by atoms with Crippen LogP contribution >= 0.6 is 12.4 Å². The van der Waals surface area contributed by atoms with E-state index in [1.165, 1.54) is 0 Å². The number of carbonyl (C=O) groups is 2. The van der Waals surface area contributed by atoms with Crippen LogP contribution in [0, 0.1) is 0 Å². The first-order chi connectivity index (χ1) is 10.2. The average Bonchev–Trinajstić information content (AvgIpc) is 2.50. The minimum Gasteiger partial charge on any atom is -0.482 e. The highest BCUT2D eigenvalue weighted by molar-refractivity contribution is 5.98. The van der Waals surface area contributed by atoms with E-state index in [-0.39, 0.29) is 30.8 Å². The summed E-state index contributed by atoms with van der Waals surface area (Å²) in [6, 6.07) is 4.95. The zero-order valence-corrected chi connectivity index (χ0v) is 13.1. The number of ether oxygens (including phenoxy) is 2. The van der Waals surface area contributed by atoms with Crippen molar-refractivity contribution in [2.75, 3.05) is 45.3 Å². The number of halogens is 1. The topological polar surface area (TPSA) is 88.7 Å². The molecule has 0 bridgehead atoms. The van der Waals surface area contributed by atoms with Gasteiger partial charge in [-0.1, -0.05) is 0 Å². The van der Waals surface area contributed by atoms with Gasteiger partial charge in [-0.2, -0.15) is 0 Å². The van der Waals surface area contributed by atoms with E-state index in [4.69, 9.17) is 9.47 Å². The Morgan fingerprint density at radius 3 is 2.95 bits per heavy atom. The molecule has 3 N–H and O–H groups in total. The predicted octanol–water partition coefficient (Wildman–Crippen LogP) is 0.405. The summed E-state index contributed by atoms with van der Waals surface area (Å²) in [5.41, 5.74) is 1.09. The van der Waals surface area contributed by atoms with Crippen LogP contribution in [0.3, 0.4) is 0 Å². The number of fused-ring (bicyclic) bond motifs is 1. The van der Waals surface area contributed by atoms with Gasteiger partial charge in [-0.15, -0.1) is 12.4 Å². The largest absolute Gasteiger partial charge is 0.482 e. The molecule has 1 aliphatic heterocycles. The molecule has 1 aliphatic rings. The molecule has 0 spiro atoms. The van der Waals surface area contributed by atoms with E-state index >= 15 is 0 Å². The molecular weight excluding hydrogens is 310 g/mol. The third-order valence-electron chi connectivity index (χ3n) is 2.95. The fourth-order valence-electron chi connectivity index (χ4n) is 1.88. The van der Waals surface area contributed by atoms with Gasteiger partial charge in [0, 0.05) is 32.3 Å². The molecule has 0 aromatic heterocycles. The monoisotopic (exact) mass is 329 g/mol. The van der Waals surface area contributed by atoms with E-state index in [0.29, 0.717) is 36.7 Å². The highest BCUT2D eigenvalue weighted by Gasteiger charge is 2.17. The first-order valence-corrected chi connectivity index (χ1v) is 6.75. The summed E-state index contributed by atoms with van der Waals surface area (Å²) in [6.45, 7) is 2.56. The zero-order valence-electron chi connectivity index (χ0n) is 12.3. The van der Waals surface area contributed by atoms with Crippen LogP contribution in [0.25, 0.3) is 0 Å². The summed E-state index contributed by atoms with van der Waals surface area (Å²) in [5.74, 6) is 0.147. The molecule has 0 aliphatic carbocycles. The smallest absolute Gasteiger partial charge is 0.262 e. The Bertz CT molecular complexity index is 525. The number of benzene rings is 1. The summed E-state index contributed by atoms with van der Waals surface area (Å²) in [4.78, 5) is 23.1. The maximum atomic E-state index is 12.0. The quantitative estimate of drug-likeness (QED) is 0.630. The van der Waals surface area contributed by atoms with Crippen molar-refractivity contribution >= 4 is 29.9 Å². The molecule has 1 heterocycles. The van der Waals surface area contributed by atoms with E-state index in [0.717, 1.165) is 6.54 Å². The lowest BCUT2D eigenvalue weighted by atomic mass is 10.1. The molecule has 0 saturated carbocycles. The zero-order chi connectivity index (χ0) is 15.1. The third-order valence-corrected chi connectivity index (χ3v) is 2.95. The van der Waals surface area contributed by atoms with Crippen LogP contribution in [-0.4, -0.2) is 51.8 Å². The van der Waals surface area contributed by atoms with Crippen LogP contribution in [0.4, 0.5) is 5.69 Å². The first-order valence-electron chi connectivity index (χ1n) is 6.75. The van der Waals surface area contributed by atoms with Gasteiger partial charge in [0.2, 0.25) is 0 Å². The molecule has 0 unspecified atom stereocenters. The van der Waals surface area contributed by atoms with Gasteiger partial charge in [0.05, 0.1) is 12.3 Å². The molecule has 1 aromatic rings. The van der Waals surface area contributed by atoms with Gasteiger partial charge in [-0.3, -0.25) is 9.59 Å². The van der Waals surface area contributed by atoms with E-state index in [2.05, 4.69) is 16.0 Å². The second-order valence-corrected chi connectivity index (χ2v) is 4.55. The maximum absolute atomic E-state index is 12.0. The lowest BCUT2D eigenvalue weighted by Gasteiger charge is -2.18. The Labute approximate surface area is 135 Å². The van der Waals surface area contributed by atoms with E-state index in [1.807, 2.05) is 0 Å². The molecule has 0 saturated heterocycles. The van der Waals surface area contributed by atoms with Crippen molar-refractivity contribution in [2.45, 2.75) is 0 Å². The Hall–Kier alpha value is -1.83.